The summed E-state index contributed by atoms with van der Waals surface area (Å²) in [5.74, 6) is 1.55. The highest BCUT2D eigenvalue weighted by Gasteiger charge is 2.27. The smallest absolute Gasteiger partial charge is 0.234 e. The fraction of sp³-hybridized carbons (Fsp3) is 0.769. The lowest BCUT2D eigenvalue weighted by atomic mass is 9.89. The van der Waals surface area contributed by atoms with E-state index in [4.69, 9.17) is 5.73 Å². The Morgan fingerprint density at radius 3 is 2.74 bits per heavy atom. The largest absolute Gasteiger partial charge is 0.320 e. The average Bonchev–Trinajstić information content (AvgIpc) is 2.99. The average molecular weight is 279 g/mol. The molecule has 19 heavy (non-hydrogen) atoms. The van der Waals surface area contributed by atoms with E-state index in [1.807, 2.05) is 11.4 Å². The Morgan fingerprint density at radius 1 is 1.32 bits per heavy atom. The van der Waals surface area contributed by atoms with E-state index in [1.165, 1.54) is 32.1 Å². The summed E-state index contributed by atoms with van der Waals surface area (Å²) in [5.41, 5.74) is 5.91. The van der Waals surface area contributed by atoms with Crippen molar-refractivity contribution in [3.63, 3.8) is 0 Å². The van der Waals surface area contributed by atoms with Gasteiger partial charge in [0.1, 0.15) is 5.01 Å². The highest BCUT2D eigenvalue weighted by Crippen LogP contribution is 2.33. The van der Waals surface area contributed by atoms with E-state index < -0.39 is 0 Å². The first-order valence-corrected chi connectivity index (χ1v) is 7.95. The fourth-order valence-electron chi connectivity index (χ4n) is 2.63. The molecule has 1 fully saturated rings. The van der Waals surface area contributed by atoms with E-state index in [0.717, 1.165) is 22.2 Å². The van der Waals surface area contributed by atoms with Crippen LogP contribution in [0.25, 0.3) is 4.96 Å². The van der Waals surface area contributed by atoms with E-state index in [1.54, 1.807) is 11.3 Å². The van der Waals surface area contributed by atoms with E-state index in [9.17, 15) is 0 Å². The molecule has 2 heterocycles. The van der Waals surface area contributed by atoms with Crippen LogP contribution in [0.4, 0.5) is 0 Å². The van der Waals surface area contributed by atoms with E-state index in [-0.39, 0.29) is 5.54 Å². The number of nitrogens with two attached hydrogens (primary N) is 1. The minimum Gasteiger partial charge on any atom is -0.320 e. The molecule has 2 aromatic heterocycles. The van der Waals surface area contributed by atoms with Crippen molar-refractivity contribution in [1.82, 2.24) is 19.8 Å². The summed E-state index contributed by atoms with van der Waals surface area (Å²) in [6.07, 6.45) is 7.22. The molecule has 2 aromatic rings. The van der Waals surface area contributed by atoms with Crippen molar-refractivity contribution in [2.24, 2.45) is 5.73 Å². The molecule has 1 saturated carbocycles. The molecule has 0 bridgehead atoms. The summed E-state index contributed by atoms with van der Waals surface area (Å²) in [7, 11) is 0. The van der Waals surface area contributed by atoms with E-state index >= 15 is 0 Å². The third-order valence-corrected chi connectivity index (χ3v) is 5.39. The summed E-state index contributed by atoms with van der Waals surface area (Å²) in [6, 6.07) is 0. The van der Waals surface area contributed by atoms with Gasteiger partial charge in [0.2, 0.25) is 4.96 Å². The maximum Gasteiger partial charge on any atom is 0.234 e. The van der Waals surface area contributed by atoms with Gasteiger partial charge in [-0.25, -0.2) is 0 Å². The molecule has 0 aromatic carbocycles. The molecule has 1 atom stereocenters. The monoisotopic (exact) mass is 279 g/mol. The first kappa shape index (κ1) is 13.0. The first-order valence-electron chi connectivity index (χ1n) is 7.13. The molecule has 3 rings (SSSR count). The van der Waals surface area contributed by atoms with Crippen LogP contribution in [0.5, 0.6) is 0 Å². The predicted octanol–water partition coefficient (Wildman–Crippen LogP) is 2.82. The molecule has 0 spiro atoms. The topological polar surface area (TPSA) is 69.1 Å². The quantitative estimate of drug-likeness (QED) is 0.938. The zero-order valence-electron chi connectivity index (χ0n) is 11.6. The highest BCUT2D eigenvalue weighted by atomic mass is 32.1. The lowest BCUT2D eigenvalue weighted by Crippen LogP contribution is -2.32. The molecule has 0 radical (unpaired) electrons. The molecular weight excluding hydrogens is 258 g/mol. The number of aromatic nitrogens is 4. The van der Waals surface area contributed by atoms with Crippen molar-refractivity contribution in [2.75, 3.05) is 0 Å². The Labute approximate surface area is 117 Å². The number of hydrogen-bond donors (Lipinski definition) is 1. The van der Waals surface area contributed by atoms with Crippen molar-refractivity contribution < 1.29 is 0 Å². The van der Waals surface area contributed by atoms with Crippen LogP contribution in [0, 0.1) is 0 Å². The minimum atomic E-state index is -0.366. The summed E-state index contributed by atoms with van der Waals surface area (Å²) in [4.78, 5) is 0.876. The Balaban J connectivity index is 1.98. The van der Waals surface area contributed by atoms with Gasteiger partial charge in [-0.2, -0.15) is 9.61 Å². The van der Waals surface area contributed by atoms with Gasteiger partial charge >= 0.3 is 0 Å². The third-order valence-electron chi connectivity index (χ3n) is 4.21. The second-order valence-corrected chi connectivity index (χ2v) is 6.72. The van der Waals surface area contributed by atoms with Crippen molar-refractivity contribution in [3.8, 4) is 0 Å². The van der Waals surface area contributed by atoms with Gasteiger partial charge in [-0.1, -0.05) is 37.5 Å². The van der Waals surface area contributed by atoms with Crippen LogP contribution in [-0.2, 0) is 5.54 Å². The standard InChI is InChI=1S/C13H21N5S/c1-3-13(2,14)11-17-18-10(15-16-12(18)19-11)9-7-5-4-6-8-9/h9H,3-8,14H2,1-2H3. The molecular formula is C13H21N5S. The minimum absolute atomic E-state index is 0.366. The Bertz CT molecular complexity index is 565. The van der Waals surface area contributed by atoms with Gasteiger partial charge in [0, 0.05) is 5.92 Å². The van der Waals surface area contributed by atoms with Crippen LogP contribution in [0.2, 0.25) is 0 Å². The van der Waals surface area contributed by atoms with Crippen molar-refractivity contribution in [2.45, 2.75) is 63.8 Å². The summed E-state index contributed by atoms with van der Waals surface area (Å²) in [5, 5.41) is 14.3. The van der Waals surface area contributed by atoms with Gasteiger partial charge in [-0.3, -0.25) is 0 Å². The van der Waals surface area contributed by atoms with E-state index in [2.05, 4.69) is 22.2 Å². The number of rotatable bonds is 3. The summed E-state index contributed by atoms with van der Waals surface area (Å²) < 4.78 is 1.93. The number of nitrogens with zero attached hydrogens (tertiary/aromatic N) is 4. The molecule has 1 unspecified atom stereocenters. The zero-order valence-corrected chi connectivity index (χ0v) is 12.4. The lowest BCUT2D eigenvalue weighted by molar-refractivity contribution is 0.419. The molecule has 1 aliphatic carbocycles. The van der Waals surface area contributed by atoms with Gasteiger partial charge in [0.15, 0.2) is 5.82 Å². The molecule has 2 N–H and O–H groups in total. The van der Waals surface area contributed by atoms with Gasteiger partial charge in [0.05, 0.1) is 5.54 Å². The maximum absolute atomic E-state index is 6.28. The Hall–Kier alpha value is -1.01. The number of fused-ring (bicyclic) bond motifs is 1. The van der Waals surface area contributed by atoms with Crippen LogP contribution < -0.4 is 5.73 Å². The van der Waals surface area contributed by atoms with Crippen LogP contribution in [0.3, 0.4) is 0 Å². The van der Waals surface area contributed by atoms with Crippen LogP contribution in [0.1, 0.15) is 69.1 Å². The van der Waals surface area contributed by atoms with Crippen molar-refractivity contribution in [1.29, 1.82) is 0 Å². The van der Waals surface area contributed by atoms with Crippen LogP contribution in [0.15, 0.2) is 0 Å². The maximum atomic E-state index is 6.28. The Kier molecular flexibility index (Phi) is 3.30. The Morgan fingerprint density at radius 2 is 2.05 bits per heavy atom. The molecule has 104 valence electrons. The molecule has 0 amide bonds. The highest BCUT2D eigenvalue weighted by molar-refractivity contribution is 7.16. The van der Waals surface area contributed by atoms with Crippen molar-refractivity contribution >= 4 is 16.3 Å². The lowest BCUT2D eigenvalue weighted by Gasteiger charge is -2.20. The van der Waals surface area contributed by atoms with Crippen LogP contribution >= 0.6 is 11.3 Å². The normalized spacial score (nSPS) is 20.8. The molecule has 0 aliphatic heterocycles. The van der Waals surface area contributed by atoms with E-state index in [0.29, 0.717) is 5.92 Å². The summed E-state index contributed by atoms with van der Waals surface area (Å²) in [6.45, 7) is 4.11. The molecule has 0 saturated heterocycles. The first-order chi connectivity index (χ1) is 9.12. The second kappa shape index (κ2) is 4.83. The van der Waals surface area contributed by atoms with Gasteiger partial charge in [-0.05, 0) is 26.2 Å². The SMILES string of the molecule is CCC(C)(N)c1nn2c(C3CCCCC3)nnc2s1. The third kappa shape index (κ3) is 2.27. The number of hydrogen-bond acceptors (Lipinski definition) is 5. The molecule has 5 nitrogen and oxygen atoms in total. The van der Waals surface area contributed by atoms with Gasteiger partial charge < -0.3 is 5.73 Å². The van der Waals surface area contributed by atoms with Gasteiger partial charge in [-0.15, -0.1) is 10.2 Å². The fourth-order valence-corrected chi connectivity index (χ4v) is 3.60. The molecule has 1 aliphatic rings. The molecule has 6 heteroatoms. The summed E-state index contributed by atoms with van der Waals surface area (Å²) >= 11 is 1.57. The van der Waals surface area contributed by atoms with Crippen LogP contribution in [-0.4, -0.2) is 19.8 Å². The second-order valence-electron chi connectivity index (χ2n) is 5.77. The predicted molar refractivity (Wildman–Crippen MR) is 76.3 cm³/mol. The zero-order chi connectivity index (χ0) is 13.5. The van der Waals surface area contributed by atoms with Crippen molar-refractivity contribution in [3.05, 3.63) is 10.8 Å². The van der Waals surface area contributed by atoms with Gasteiger partial charge in [0.25, 0.3) is 0 Å².